The number of hydrogen-bond donors (Lipinski definition) is 1. The molecule has 0 bridgehead atoms. The minimum absolute atomic E-state index is 0.295. The van der Waals surface area contributed by atoms with Crippen molar-refractivity contribution in [2.24, 2.45) is 17.3 Å². The van der Waals surface area contributed by atoms with Crippen LogP contribution in [0.2, 0.25) is 0 Å². The first kappa shape index (κ1) is 21.7. The topological polar surface area (TPSA) is 12.0 Å². The van der Waals surface area contributed by atoms with Crippen LogP contribution in [0, 0.1) is 17.3 Å². The number of hydrogen-bond acceptors (Lipinski definition) is 1. The normalized spacial score (nSPS) is 18.9. The molecule has 0 aromatic carbocycles. The molecule has 0 aliphatic carbocycles. The molecule has 0 rings (SSSR count). The van der Waals surface area contributed by atoms with Crippen LogP contribution in [-0.2, 0) is 0 Å². The van der Waals surface area contributed by atoms with Gasteiger partial charge in [0.1, 0.15) is 0 Å². The summed E-state index contributed by atoms with van der Waals surface area (Å²) in [6.45, 7) is 21.0. The molecule has 1 heteroatoms. The Morgan fingerprint density at radius 1 is 0.955 bits per heavy atom. The van der Waals surface area contributed by atoms with Crippen molar-refractivity contribution in [2.75, 3.05) is 0 Å². The van der Waals surface area contributed by atoms with E-state index in [-0.39, 0.29) is 0 Å². The lowest BCUT2D eigenvalue weighted by Gasteiger charge is -2.34. The number of nitrogens with one attached hydrogen (secondary N) is 1. The molecule has 4 atom stereocenters. The molecule has 0 radical (unpaired) electrons. The molecule has 1 nitrogen and oxygen atoms in total. The Kier molecular flexibility index (Phi) is 10.3. The molecule has 132 valence electrons. The third-order valence-electron chi connectivity index (χ3n) is 6.01. The van der Waals surface area contributed by atoms with E-state index in [0.29, 0.717) is 17.5 Å². The van der Waals surface area contributed by atoms with Crippen molar-refractivity contribution in [3.63, 3.8) is 0 Å². The first-order valence-electron chi connectivity index (χ1n) is 9.66. The van der Waals surface area contributed by atoms with E-state index in [1.807, 2.05) is 0 Å². The summed E-state index contributed by atoms with van der Waals surface area (Å²) in [5, 5.41) is 3.90. The predicted molar refractivity (Wildman–Crippen MR) is 102 cm³/mol. The summed E-state index contributed by atoms with van der Waals surface area (Å²) in [5.41, 5.74) is 1.85. The number of rotatable bonds is 11. The SMILES string of the molecule is C/C=C(/C(C)NC(CC)CCC(C)C(C)CC)C(C)(C)CC. The lowest BCUT2D eigenvalue weighted by Crippen LogP contribution is -2.40. The highest BCUT2D eigenvalue weighted by Gasteiger charge is 2.26. The van der Waals surface area contributed by atoms with Crippen molar-refractivity contribution < 1.29 is 0 Å². The zero-order chi connectivity index (χ0) is 17.3. The average molecular weight is 310 g/mol. The Morgan fingerprint density at radius 2 is 1.55 bits per heavy atom. The Hall–Kier alpha value is -0.300. The summed E-state index contributed by atoms with van der Waals surface area (Å²) in [6, 6.07) is 1.12. The predicted octanol–water partition coefficient (Wildman–Crippen LogP) is 6.59. The van der Waals surface area contributed by atoms with Gasteiger partial charge in [-0.15, -0.1) is 0 Å². The van der Waals surface area contributed by atoms with Crippen LogP contribution >= 0.6 is 0 Å². The highest BCUT2D eigenvalue weighted by atomic mass is 14.9. The molecular formula is C21H43N. The maximum atomic E-state index is 3.90. The molecule has 0 aliphatic rings. The molecule has 4 unspecified atom stereocenters. The summed E-state index contributed by atoms with van der Waals surface area (Å²) in [6.07, 6.45) is 8.69. The molecule has 0 saturated carbocycles. The molecule has 0 aromatic rings. The van der Waals surface area contributed by atoms with Gasteiger partial charge in [0.2, 0.25) is 0 Å². The molecule has 0 fully saturated rings. The third kappa shape index (κ3) is 6.86. The highest BCUT2D eigenvalue weighted by Crippen LogP contribution is 2.32. The van der Waals surface area contributed by atoms with Crippen LogP contribution in [0.15, 0.2) is 11.6 Å². The molecule has 0 aromatic heterocycles. The largest absolute Gasteiger partial charge is 0.308 e. The summed E-state index contributed by atoms with van der Waals surface area (Å²) in [5.74, 6) is 1.68. The van der Waals surface area contributed by atoms with Crippen molar-refractivity contribution in [1.82, 2.24) is 5.32 Å². The molecule has 0 spiro atoms. The smallest absolute Gasteiger partial charge is 0.0258 e. The summed E-state index contributed by atoms with van der Waals surface area (Å²) in [4.78, 5) is 0. The minimum atomic E-state index is 0.295. The van der Waals surface area contributed by atoms with E-state index < -0.39 is 0 Å². The van der Waals surface area contributed by atoms with E-state index in [9.17, 15) is 0 Å². The van der Waals surface area contributed by atoms with Gasteiger partial charge in [0.25, 0.3) is 0 Å². The van der Waals surface area contributed by atoms with Crippen LogP contribution in [0.25, 0.3) is 0 Å². The maximum absolute atomic E-state index is 3.90. The van der Waals surface area contributed by atoms with Gasteiger partial charge in [0.15, 0.2) is 0 Å². The average Bonchev–Trinajstić information content (AvgIpc) is 2.50. The summed E-state index contributed by atoms with van der Waals surface area (Å²) < 4.78 is 0. The third-order valence-corrected chi connectivity index (χ3v) is 6.01. The molecular weight excluding hydrogens is 266 g/mol. The number of allylic oxidation sites excluding steroid dienone is 1. The highest BCUT2D eigenvalue weighted by molar-refractivity contribution is 5.17. The first-order chi connectivity index (χ1) is 10.2. The van der Waals surface area contributed by atoms with E-state index in [0.717, 1.165) is 11.8 Å². The van der Waals surface area contributed by atoms with Crippen molar-refractivity contribution in [3.8, 4) is 0 Å². The fourth-order valence-electron chi connectivity index (χ4n) is 3.43. The van der Waals surface area contributed by atoms with E-state index >= 15 is 0 Å². The van der Waals surface area contributed by atoms with Crippen LogP contribution in [0.3, 0.4) is 0 Å². The quantitative estimate of drug-likeness (QED) is 0.425. The van der Waals surface area contributed by atoms with Gasteiger partial charge < -0.3 is 5.32 Å². The lowest BCUT2D eigenvalue weighted by atomic mass is 9.78. The minimum Gasteiger partial charge on any atom is -0.308 e. The first-order valence-corrected chi connectivity index (χ1v) is 9.66. The zero-order valence-corrected chi connectivity index (χ0v) is 16.9. The Balaban J connectivity index is 4.60. The van der Waals surface area contributed by atoms with E-state index in [1.165, 1.54) is 32.1 Å². The van der Waals surface area contributed by atoms with E-state index in [4.69, 9.17) is 0 Å². The van der Waals surface area contributed by atoms with Crippen LogP contribution in [0.5, 0.6) is 0 Å². The van der Waals surface area contributed by atoms with Crippen molar-refractivity contribution in [3.05, 3.63) is 11.6 Å². The molecule has 0 saturated heterocycles. The van der Waals surface area contributed by atoms with Crippen LogP contribution in [0.4, 0.5) is 0 Å². The van der Waals surface area contributed by atoms with Gasteiger partial charge in [0.05, 0.1) is 0 Å². The van der Waals surface area contributed by atoms with Crippen molar-refractivity contribution in [2.45, 2.75) is 107 Å². The van der Waals surface area contributed by atoms with Crippen LogP contribution < -0.4 is 5.32 Å². The molecule has 0 amide bonds. The van der Waals surface area contributed by atoms with Crippen LogP contribution in [-0.4, -0.2) is 12.1 Å². The van der Waals surface area contributed by atoms with Gasteiger partial charge in [-0.2, -0.15) is 0 Å². The summed E-state index contributed by atoms with van der Waals surface area (Å²) >= 11 is 0. The van der Waals surface area contributed by atoms with Gasteiger partial charge >= 0.3 is 0 Å². The molecule has 1 N–H and O–H groups in total. The van der Waals surface area contributed by atoms with Crippen molar-refractivity contribution in [1.29, 1.82) is 0 Å². The van der Waals surface area contributed by atoms with Gasteiger partial charge in [-0.25, -0.2) is 0 Å². The summed E-state index contributed by atoms with van der Waals surface area (Å²) in [7, 11) is 0. The van der Waals surface area contributed by atoms with Gasteiger partial charge in [0, 0.05) is 12.1 Å². The monoisotopic (exact) mass is 309 g/mol. The molecule has 22 heavy (non-hydrogen) atoms. The lowest BCUT2D eigenvalue weighted by molar-refractivity contribution is 0.307. The standard InChI is InChI=1S/C21H43N/c1-10-16(5)17(6)14-15-19(11-2)22-18(7)20(12-3)21(8,9)13-4/h12,16-19,22H,10-11,13-15H2,1-9H3/b20-12-. The Bertz CT molecular complexity index is 316. The van der Waals surface area contributed by atoms with Gasteiger partial charge in [-0.3, -0.25) is 0 Å². The van der Waals surface area contributed by atoms with Gasteiger partial charge in [-0.05, 0) is 56.8 Å². The second-order valence-corrected chi connectivity index (χ2v) is 7.92. The Labute approximate surface area is 141 Å². The van der Waals surface area contributed by atoms with E-state index in [2.05, 4.69) is 73.7 Å². The molecule has 0 aliphatic heterocycles. The second-order valence-electron chi connectivity index (χ2n) is 7.92. The zero-order valence-electron chi connectivity index (χ0n) is 16.9. The fourth-order valence-corrected chi connectivity index (χ4v) is 3.43. The Morgan fingerprint density at radius 3 is 1.95 bits per heavy atom. The van der Waals surface area contributed by atoms with Crippen LogP contribution in [0.1, 0.15) is 94.4 Å². The maximum Gasteiger partial charge on any atom is 0.0258 e. The second kappa shape index (κ2) is 10.5. The van der Waals surface area contributed by atoms with E-state index in [1.54, 1.807) is 5.57 Å². The van der Waals surface area contributed by atoms with Crippen molar-refractivity contribution >= 4 is 0 Å². The fraction of sp³-hybridized carbons (Fsp3) is 0.905. The van der Waals surface area contributed by atoms with Gasteiger partial charge in [-0.1, -0.05) is 66.5 Å². The molecule has 0 heterocycles.